The molecule has 1 fully saturated rings. The van der Waals surface area contributed by atoms with Gasteiger partial charge in [-0.05, 0) is 25.2 Å². The van der Waals surface area contributed by atoms with Gasteiger partial charge in [0.15, 0.2) is 0 Å². The number of rotatable bonds is 4. The number of urea groups is 1. The summed E-state index contributed by atoms with van der Waals surface area (Å²) in [5.41, 5.74) is 0. The van der Waals surface area contributed by atoms with E-state index in [-0.39, 0.29) is 6.03 Å². The molecule has 0 saturated carbocycles. The fourth-order valence-electron chi connectivity index (χ4n) is 2.09. The molecular formula is C13H24N2O. The summed E-state index contributed by atoms with van der Waals surface area (Å²) >= 11 is 0. The van der Waals surface area contributed by atoms with E-state index in [4.69, 9.17) is 0 Å². The van der Waals surface area contributed by atoms with E-state index < -0.39 is 0 Å². The Bertz CT molecular complexity index is 232. The molecule has 0 aromatic carbocycles. The van der Waals surface area contributed by atoms with Crippen LogP contribution in [0, 0.1) is 5.92 Å². The maximum Gasteiger partial charge on any atom is 0.320 e. The molecule has 0 unspecified atom stereocenters. The smallest absolute Gasteiger partial charge is 0.320 e. The molecule has 1 aliphatic heterocycles. The van der Waals surface area contributed by atoms with Crippen molar-refractivity contribution in [2.45, 2.75) is 33.1 Å². The lowest BCUT2D eigenvalue weighted by Gasteiger charge is -2.34. The zero-order chi connectivity index (χ0) is 12.0. The zero-order valence-electron chi connectivity index (χ0n) is 10.6. The predicted octanol–water partition coefficient (Wildman–Crippen LogP) is 2.74. The van der Waals surface area contributed by atoms with E-state index in [0.717, 1.165) is 44.8 Å². The van der Waals surface area contributed by atoms with Crippen molar-refractivity contribution < 1.29 is 4.79 Å². The molecule has 1 saturated heterocycles. The van der Waals surface area contributed by atoms with E-state index >= 15 is 0 Å². The summed E-state index contributed by atoms with van der Waals surface area (Å²) in [6.45, 7) is 11.4. The molecule has 1 heterocycles. The minimum atomic E-state index is 0.189. The summed E-state index contributed by atoms with van der Waals surface area (Å²) in [7, 11) is 0. The number of hydrogen-bond acceptors (Lipinski definition) is 1. The van der Waals surface area contributed by atoms with E-state index in [9.17, 15) is 4.79 Å². The van der Waals surface area contributed by atoms with Crippen molar-refractivity contribution >= 4 is 6.03 Å². The van der Waals surface area contributed by atoms with E-state index in [1.165, 1.54) is 0 Å². The van der Waals surface area contributed by atoms with Crippen molar-refractivity contribution in [1.82, 2.24) is 9.80 Å². The normalized spacial score (nSPS) is 17.2. The van der Waals surface area contributed by atoms with Crippen molar-refractivity contribution in [2.24, 2.45) is 5.92 Å². The highest BCUT2D eigenvalue weighted by Crippen LogP contribution is 2.17. The Morgan fingerprint density at radius 3 is 2.62 bits per heavy atom. The van der Waals surface area contributed by atoms with Crippen LogP contribution in [0.15, 0.2) is 12.7 Å². The first-order chi connectivity index (χ1) is 7.69. The van der Waals surface area contributed by atoms with E-state index in [1.54, 1.807) is 6.08 Å². The topological polar surface area (TPSA) is 23.6 Å². The Kier molecular flexibility index (Phi) is 5.36. The molecule has 3 nitrogen and oxygen atoms in total. The highest BCUT2D eigenvalue weighted by Gasteiger charge is 2.23. The predicted molar refractivity (Wildman–Crippen MR) is 67.4 cm³/mol. The number of amides is 2. The Labute approximate surface area is 99.1 Å². The first-order valence-corrected chi connectivity index (χ1v) is 6.33. The largest absolute Gasteiger partial charge is 0.325 e. The molecule has 0 bridgehead atoms. The fraction of sp³-hybridized carbons (Fsp3) is 0.769. The van der Waals surface area contributed by atoms with Crippen molar-refractivity contribution in [1.29, 1.82) is 0 Å². The average Bonchev–Trinajstić information content (AvgIpc) is 2.29. The second-order valence-electron chi connectivity index (χ2n) is 4.69. The Hall–Kier alpha value is -0.990. The van der Waals surface area contributed by atoms with Crippen molar-refractivity contribution in [3.8, 4) is 0 Å². The molecule has 0 aromatic rings. The van der Waals surface area contributed by atoms with Gasteiger partial charge in [-0.15, -0.1) is 6.58 Å². The number of carbonyl (C=O) groups is 1. The van der Waals surface area contributed by atoms with Crippen LogP contribution < -0.4 is 0 Å². The molecule has 1 rings (SSSR count). The number of nitrogens with zero attached hydrogens (tertiary/aromatic N) is 2. The van der Waals surface area contributed by atoms with Crippen LogP contribution in [-0.4, -0.2) is 42.0 Å². The number of piperidine rings is 1. The van der Waals surface area contributed by atoms with Crippen LogP contribution in [0.5, 0.6) is 0 Å². The molecule has 1 aliphatic rings. The molecule has 0 aliphatic carbocycles. The summed E-state index contributed by atoms with van der Waals surface area (Å²) in [5.74, 6) is 0.767. The van der Waals surface area contributed by atoms with Crippen LogP contribution in [0.2, 0.25) is 0 Å². The lowest BCUT2D eigenvalue weighted by molar-refractivity contribution is 0.138. The van der Waals surface area contributed by atoms with Gasteiger partial charge in [-0.25, -0.2) is 4.79 Å². The van der Waals surface area contributed by atoms with Crippen LogP contribution >= 0.6 is 0 Å². The van der Waals surface area contributed by atoms with Crippen LogP contribution in [0.4, 0.5) is 4.79 Å². The third kappa shape index (κ3) is 3.54. The van der Waals surface area contributed by atoms with Gasteiger partial charge in [-0.1, -0.05) is 19.9 Å². The van der Waals surface area contributed by atoms with Gasteiger partial charge in [0.2, 0.25) is 0 Å². The van der Waals surface area contributed by atoms with Crippen molar-refractivity contribution in [2.75, 3.05) is 26.2 Å². The molecule has 0 spiro atoms. The second-order valence-corrected chi connectivity index (χ2v) is 4.69. The van der Waals surface area contributed by atoms with Gasteiger partial charge < -0.3 is 9.80 Å². The molecule has 0 atom stereocenters. The van der Waals surface area contributed by atoms with Crippen LogP contribution in [-0.2, 0) is 0 Å². The van der Waals surface area contributed by atoms with Gasteiger partial charge in [0, 0.05) is 26.2 Å². The summed E-state index contributed by atoms with van der Waals surface area (Å²) in [6, 6.07) is 0.189. The Morgan fingerprint density at radius 2 is 2.12 bits per heavy atom. The summed E-state index contributed by atoms with van der Waals surface area (Å²) in [5, 5.41) is 0. The third-order valence-electron chi connectivity index (χ3n) is 3.17. The summed E-state index contributed by atoms with van der Waals surface area (Å²) in [4.78, 5) is 16.1. The van der Waals surface area contributed by atoms with Crippen molar-refractivity contribution in [3.05, 3.63) is 12.7 Å². The molecule has 0 radical (unpaired) electrons. The molecule has 92 valence electrons. The Morgan fingerprint density at radius 1 is 1.50 bits per heavy atom. The Balaban J connectivity index is 2.49. The molecule has 2 amide bonds. The van der Waals surface area contributed by atoms with Crippen LogP contribution in [0.25, 0.3) is 0 Å². The van der Waals surface area contributed by atoms with Gasteiger partial charge >= 0.3 is 6.03 Å². The average molecular weight is 224 g/mol. The maximum absolute atomic E-state index is 12.2. The third-order valence-corrected chi connectivity index (χ3v) is 3.17. The lowest BCUT2D eigenvalue weighted by Crippen LogP contribution is -2.46. The van der Waals surface area contributed by atoms with E-state index in [1.807, 2.05) is 9.80 Å². The molecule has 3 heteroatoms. The van der Waals surface area contributed by atoms with Crippen LogP contribution in [0.3, 0.4) is 0 Å². The highest BCUT2D eigenvalue weighted by atomic mass is 16.2. The fourth-order valence-corrected chi connectivity index (χ4v) is 2.09. The van der Waals surface area contributed by atoms with Crippen molar-refractivity contribution in [3.63, 3.8) is 0 Å². The van der Waals surface area contributed by atoms with Gasteiger partial charge in [-0.2, -0.15) is 0 Å². The quantitative estimate of drug-likeness (QED) is 0.674. The molecule has 0 aromatic heterocycles. The minimum Gasteiger partial charge on any atom is -0.325 e. The first kappa shape index (κ1) is 13.1. The minimum absolute atomic E-state index is 0.189. The monoisotopic (exact) mass is 224 g/mol. The molecule has 16 heavy (non-hydrogen) atoms. The van der Waals surface area contributed by atoms with Gasteiger partial charge in [0.05, 0.1) is 0 Å². The van der Waals surface area contributed by atoms with E-state index in [2.05, 4.69) is 20.4 Å². The first-order valence-electron chi connectivity index (χ1n) is 6.33. The lowest BCUT2D eigenvalue weighted by atomic mass is 9.99. The zero-order valence-corrected chi connectivity index (χ0v) is 10.6. The molecular weight excluding hydrogens is 200 g/mol. The standard InChI is InChI=1S/C13H24N2O/c1-4-8-14(9-5-2)13(16)15-10-6-12(3)7-11-15/h4,12H,1,5-11H2,2-3H3. The number of carbonyl (C=O) groups excluding carboxylic acids is 1. The van der Waals surface area contributed by atoms with Crippen LogP contribution in [0.1, 0.15) is 33.1 Å². The van der Waals surface area contributed by atoms with Gasteiger partial charge in [0.25, 0.3) is 0 Å². The SMILES string of the molecule is C=CCN(CCC)C(=O)N1CCC(C)CC1. The van der Waals surface area contributed by atoms with E-state index in [0.29, 0.717) is 6.54 Å². The second kappa shape index (κ2) is 6.56. The van der Waals surface area contributed by atoms with Gasteiger partial charge in [-0.3, -0.25) is 0 Å². The summed E-state index contributed by atoms with van der Waals surface area (Å²) < 4.78 is 0. The summed E-state index contributed by atoms with van der Waals surface area (Å²) in [6.07, 6.45) is 5.09. The highest BCUT2D eigenvalue weighted by molar-refractivity contribution is 5.74. The van der Waals surface area contributed by atoms with Gasteiger partial charge in [0.1, 0.15) is 0 Å². The molecule has 0 N–H and O–H groups in total. The number of likely N-dealkylation sites (tertiary alicyclic amines) is 1. The maximum atomic E-state index is 12.2. The number of hydrogen-bond donors (Lipinski definition) is 0.